The van der Waals surface area contributed by atoms with Gasteiger partial charge in [0.1, 0.15) is 30.1 Å². The van der Waals surface area contributed by atoms with E-state index in [0.29, 0.717) is 41.7 Å². The summed E-state index contributed by atoms with van der Waals surface area (Å²) >= 11 is 0. The Kier molecular flexibility index (Phi) is 7.81. The summed E-state index contributed by atoms with van der Waals surface area (Å²) < 4.78 is 26.6. The van der Waals surface area contributed by atoms with Crippen molar-refractivity contribution in [3.63, 3.8) is 0 Å². The molecule has 0 spiro atoms. The number of methoxy groups -OCH3 is 2. The molecule has 11 nitrogen and oxygen atoms in total. The highest BCUT2D eigenvalue weighted by Crippen LogP contribution is 2.34. The van der Waals surface area contributed by atoms with Crippen molar-refractivity contribution < 1.29 is 37.7 Å². The van der Waals surface area contributed by atoms with E-state index in [1.165, 1.54) is 18.3 Å². The fourth-order valence-corrected chi connectivity index (χ4v) is 3.45. The van der Waals surface area contributed by atoms with E-state index in [4.69, 9.17) is 23.4 Å². The maximum atomic E-state index is 12.8. The molecule has 0 atom stereocenters. The van der Waals surface area contributed by atoms with Crippen LogP contribution in [0.3, 0.4) is 0 Å². The number of ether oxygens (including phenoxy) is 4. The smallest absolute Gasteiger partial charge is 0.273 e. The van der Waals surface area contributed by atoms with Crippen LogP contribution in [0.25, 0.3) is 0 Å². The summed E-state index contributed by atoms with van der Waals surface area (Å²) in [6.45, 7) is 0.261. The molecule has 0 bridgehead atoms. The molecule has 0 unspecified atom stereocenters. The lowest BCUT2D eigenvalue weighted by Gasteiger charge is -2.28. The molecule has 2 heterocycles. The molecule has 1 aromatic heterocycles. The molecule has 11 heteroatoms. The number of hydrogen-bond donors (Lipinski definition) is 1. The van der Waals surface area contributed by atoms with Gasteiger partial charge in [-0.3, -0.25) is 19.3 Å². The van der Waals surface area contributed by atoms with E-state index in [2.05, 4.69) is 10.3 Å². The monoisotopic (exact) mass is 495 g/mol. The minimum Gasteiger partial charge on any atom is -0.497 e. The van der Waals surface area contributed by atoms with Gasteiger partial charge in [-0.1, -0.05) is 6.07 Å². The van der Waals surface area contributed by atoms with Crippen molar-refractivity contribution in [1.82, 2.24) is 10.3 Å². The van der Waals surface area contributed by atoms with E-state index in [1.54, 1.807) is 49.6 Å². The number of nitrogens with one attached hydrogen (secondary N) is 1. The fraction of sp³-hybridized carbons (Fsp3) is 0.280. The number of Topliss-reactive ketones (excluding diaryl/α,β-unsaturated/α-hetero) is 1. The van der Waals surface area contributed by atoms with Gasteiger partial charge in [0.05, 0.1) is 19.4 Å². The van der Waals surface area contributed by atoms with Crippen LogP contribution < -0.4 is 24.4 Å². The van der Waals surface area contributed by atoms with Gasteiger partial charge in [0, 0.05) is 25.3 Å². The molecule has 36 heavy (non-hydrogen) atoms. The van der Waals surface area contributed by atoms with Crippen molar-refractivity contribution in [2.45, 2.75) is 6.54 Å². The highest BCUT2D eigenvalue weighted by Gasteiger charge is 2.28. The van der Waals surface area contributed by atoms with Gasteiger partial charge in [-0.15, -0.1) is 0 Å². The Balaban J connectivity index is 1.46. The molecule has 188 valence electrons. The lowest BCUT2D eigenvalue weighted by atomic mass is 10.1. The fourth-order valence-electron chi connectivity index (χ4n) is 3.45. The van der Waals surface area contributed by atoms with Crippen molar-refractivity contribution in [1.29, 1.82) is 0 Å². The third-order valence-electron chi connectivity index (χ3n) is 5.30. The van der Waals surface area contributed by atoms with E-state index >= 15 is 0 Å². The Hall–Kier alpha value is -4.38. The predicted octanol–water partition coefficient (Wildman–Crippen LogP) is 2.25. The Bertz CT molecular complexity index is 1260. The lowest BCUT2D eigenvalue weighted by molar-refractivity contribution is -0.121. The second-order valence-electron chi connectivity index (χ2n) is 7.72. The molecular formula is C25H25N3O8. The standard InChI is InChI=1S/C25H25N3O8/c1-32-9-8-26-25(31)19-13-36-23(27-19)12-28-20-10-16(6-7-22(20)35-15-24(28)30)21(29)14-34-18-5-3-4-17(11-18)33-2/h3-7,10-11,13H,8-9,12,14-15H2,1-2H3,(H,26,31). The van der Waals surface area contributed by atoms with E-state index in [-0.39, 0.29) is 43.0 Å². The third-order valence-corrected chi connectivity index (χ3v) is 5.30. The molecule has 1 aliphatic rings. The number of carbonyl (C=O) groups is 3. The number of ketones is 1. The molecule has 2 amide bonds. The number of nitrogens with zero attached hydrogens (tertiary/aromatic N) is 2. The number of oxazole rings is 1. The molecule has 1 N–H and O–H groups in total. The first kappa shape index (κ1) is 24.7. The van der Waals surface area contributed by atoms with Crippen LogP contribution in [0.2, 0.25) is 0 Å². The molecule has 0 saturated heterocycles. The van der Waals surface area contributed by atoms with Crippen molar-refractivity contribution in [2.24, 2.45) is 0 Å². The largest absolute Gasteiger partial charge is 0.497 e. The molecule has 0 aliphatic carbocycles. The summed E-state index contributed by atoms with van der Waals surface area (Å²) in [5.74, 6) is 0.650. The highest BCUT2D eigenvalue weighted by molar-refractivity contribution is 6.02. The maximum absolute atomic E-state index is 12.8. The van der Waals surface area contributed by atoms with Crippen LogP contribution >= 0.6 is 0 Å². The summed E-state index contributed by atoms with van der Waals surface area (Å²) in [5.41, 5.74) is 0.814. The maximum Gasteiger partial charge on any atom is 0.273 e. The predicted molar refractivity (Wildman–Crippen MR) is 127 cm³/mol. The van der Waals surface area contributed by atoms with Crippen LogP contribution in [-0.2, 0) is 16.1 Å². The number of hydrogen-bond acceptors (Lipinski definition) is 9. The van der Waals surface area contributed by atoms with Crippen LogP contribution in [-0.4, -0.2) is 63.2 Å². The SMILES string of the molecule is COCCNC(=O)c1coc(CN2C(=O)COc3ccc(C(=O)COc4cccc(OC)c4)cc32)n1. The van der Waals surface area contributed by atoms with E-state index in [1.807, 2.05) is 0 Å². The number of benzene rings is 2. The molecule has 4 rings (SSSR count). The quantitative estimate of drug-likeness (QED) is 0.314. The summed E-state index contributed by atoms with van der Waals surface area (Å²) in [4.78, 5) is 43.2. The normalized spacial score (nSPS) is 12.5. The molecule has 2 aromatic carbocycles. The van der Waals surface area contributed by atoms with Crippen LogP contribution in [0.15, 0.2) is 53.1 Å². The van der Waals surface area contributed by atoms with Gasteiger partial charge in [-0.25, -0.2) is 4.98 Å². The molecule has 3 aromatic rings. The summed E-state index contributed by atoms with van der Waals surface area (Å²) in [6, 6.07) is 11.7. The third kappa shape index (κ3) is 5.81. The average molecular weight is 495 g/mol. The summed E-state index contributed by atoms with van der Waals surface area (Å²) in [7, 11) is 3.08. The Morgan fingerprint density at radius 1 is 1.14 bits per heavy atom. The van der Waals surface area contributed by atoms with Crippen molar-refractivity contribution in [3.05, 3.63) is 65.9 Å². The van der Waals surface area contributed by atoms with Gasteiger partial charge in [-0.2, -0.15) is 0 Å². The number of amides is 2. The van der Waals surface area contributed by atoms with Crippen LogP contribution in [0, 0.1) is 0 Å². The molecule has 0 fully saturated rings. The Labute approximate surface area is 206 Å². The number of aromatic nitrogens is 1. The Morgan fingerprint density at radius 3 is 2.78 bits per heavy atom. The van der Waals surface area contributed by atoms with Crippen LogP contribution in [0.1, 0.15) is 26.7 Å². The first-order chi connectivity index (χ1) is 17.5. The lowest BCUT2D eigenvalue weighted by Crippen LogP contribution is -2.38. The number of anilines is 1. The Morgan fingerprint density at radius 2 is 1.97 bits per heavy atom. The number of carbonyl (C=O) groups excluding carboxylic acids is 3. The number of fused-ring (bicyclic) bond motifs is 1. The highest BCUT2D eigenvalue weighted by atomic mass is 16.5. The van der Waals surface area contributed by atoms with Gasteiger partial charge in [0.25, 0.3) is 11.8 Å². The van der Waals surface area contributed by atoms with Gasteiger partial charge in [0.15, 0.2) is 24.7 Å². The zero-order valence-corrected chi connectivity index (χ0v) is 19.8. The van der Waals surface area contributed by atoms with Gasteiger partial charge >= 0.3 is 0 Å². The van der Waals surface area contributed by atoms with Crippen molar-refractivity contribution in [2.75, 3.05) is 45.5 Å². The minimum absolute atomic E-state index is 0.0432. The molecular weight excluding hydrogens is 470 g/mol. The molecule has 0 saturated carbocycles. The van der Waals surface area contributed by atoms with Crippen molar-refractivity contribution in [3.8, 4) is 17.2 Å². The zero-order valence-electron chi connectivity index (χ0n) is 19.8. The molecule has 1 aliphatic heterocycles. The van der Waals surface area contributed by atoms with Gasteiger partial charge in [0.2, 0.25) is 5.89 Å². The summed E-state index contributed by atoms with van der Waals surface area (Å²) in [6.07, 6.45) is 1.22. The second-order valence-corrected chi connectivity index (χ2v) is 7.72. The minimum atomic E-state index is -0.417. The van der Waals surface area contributed by atoms with E-state index in [0.717, 1.165) is 0 Å². The molecule has 0 radical (unpaired) electrons. The van der Waals surface area contributed by atoms with Crippen molar-refractivity contribution >= 4 is 23.3 Å². The number of rotatable bonds is 11. The van der Waals surface area contributed by atoms with E-state index < -0.39 is 5.91 Å². The van der Waals surface area contributed by atoms with Gasteiger partial charge < -0.3 is 28.7 Å². The zero-order chi connectivity index (χ0) is 25.5. The van der Waals surface area contributed by atoms with Gasteiger partial charge in [-0.05, 0) is 30.3 Å². The first-order valence-electron chi connectivity index (χ1n) is 11.1. The van der Waals surface area contributed by atoms with Crippen LogP contribution in [0.4, 0.5) is 5.69 Å². The van der Waals surface area contributed by atoms with E-state index in [9.17, 15) is 14.4 Å². The van der Waals surface area contributed by atoms with Crippen LogP contribution in [0.5, 0.6) is 17.2 Å². The average Bonchev–Trinajstić information content (AvgIpc) is 3.37. The topological polar surface area (TPSA) is 129 Å². The summed E-state index contributed by atoms with van der Waals surface area (Å²) in [5, 5.41) is 2.65. The first-order valence-corrected chi connectivity index (χ1v) is 11.1. The second kappa shape index (κ2) is 11.4.